The number of carbonyl (C=O) groups excluding carboxylic acids is 2. The van der Waals surface area contributed by atoms with Gasteiger partial charge in [-0.25, -0.2) is 0 Å². The lowest BCUT2D eigenvalue weighted by Gasteiger charge is -2.34. The van der Waals surface area contributed by atoms with Gasteiger partial charge in [0, 0.05) is 31.0 Å². The van der Waals surface area contributed by atoms with E-state index < -0.39 is 0 Å². The standard InChI is InChI=1S/C31H62N2O4/c1-12-13-14-16-20-29(5,6)33-25(27(35)28(2,3)4)18-15-17-23-32-26(34)19-21-31(9,10)37-24-22-30(7,8)36-11/h25,33H,12-24H2,1-11H3,(H,32,34)/t25-/m1/s1. The zero-order chi connectivity index (χ0) is 28.8. The molecule has 0 fully saturated rings. The second kappa shape index (κ2) is 16.9. The van der Waals surface area contributed by atoms with Crippen molar-refractivity contribution in [1.29, 1.82) is 0 Å². The predicted molar refractivity (Wildman–Crippen MR) is 156 cm³/mol. The fourth-order valence-electron chi connectivity index (χ4n) is 4.28. The molecule has 37 heavy (non-hydrogen) atoms. The molecule has 0 aromatic carbocycles. The smallest absolute Gasteiger partial charge is 0.220 e. The summed E-state index contributed by atoms with van der Waals surface area (Å²) in [5, 5.41) is 6.73. The molecule has 0 aliphatic carbocycles. The number of ketones is 1. The number of rotatable bonds is 21. The van der Waals surface area contributed by atoms with Gasteiger partial charge in [0.1, 0.15) is 0 Å². The molecule has 0 spiro atoms. The number of methoxy groups -OCH3 is 1. The molecule has 6 heteroatoms. The maximum Gasteiger partial charge on any atom is 0.220 e. The molecular weight excluding hydrogens is 464 g/mol. The number of hydrogen-bond acceptors (Lipinski definition) is 5. The minimum Gasteiger partial charge on any atom is -0.379 e. The highest BCUT2D eigenvalue weighted by Gasteiger charge is 2.32. The molecule has 0 unspecified atom stereocenters. The first-order valence-electron chi connectivity index (χ1n) is 14.7. The highest BCUT2D eigenvalue weighted by atomic mass is 16.5. The Balaban J connectivity index is 4.50. The van der Waals surface area contributed by atoms with Crippen molar-refractivity contribution in [3.63, 3.8) is 0 Å². The number of amides is 1. The SMILES string of the molecule is CCCCCCC(C)(C)N[C@H](CCCCNC(=O)CCC(C)(C)OCCC(C)(C)OC)C(=O)C(C)(C)C. The number of unbranched alkanes of at least 4 members (excludes halogenated alkanes) is 4. The lowest BCUT2D eigenvalue weighted by atomic mass is 9.83. The van der Waals surface area contributed by atoms with Crippen LogP contribution >= 0.6 is 0 Å². The van der Waals surface area contributed by atoms with Gasteiger partial charge in [0.15, 0.2) is 5.78 Å². The molecular formula is C31H62N2O4. The number of nitrogens with one attached hydrogen (secondary N) is 2. The Kier molecular flexibility index (Phi) is 16.4. The van der Waals surface area contributed by atoms with Gasteiger partial charge in [0.05, 0.1) is 23.9 Å². The van der Waals surface area contributed by atoms with Crippen LogP contribution in [0.5, 0.6) is 0 Å². The van der Waals surface area contributed by atoms with Crippen LogP contribution in [0.1, 0.15) is 140 Å². The van der Waals surface area contributed by atoms with E-state index >= 15 is 0 Å². The van der Waals surface area contributed by atoms with Crippen LogP contribution in [0.15, 0.2) is 0 Å². The Hall–Kier alpha value is -0.980. The molecule has 0 rings (SSSR count). The second-order valence-electron chi connectivity index (χ2n) is 13.7. The van der Waals surface area contributed by atoms with E-state index in [2.05, 4.69) is 31.4 Å². The summed E-state index contributed by atoms with van der Waals surface area (Å²) in [7, 11) is 1.71. The van der Waals surface area contributed by atoms with Crippen LogP contribution < -0.4 is 10.6 Å². The molecule has 0 aromatic heterocycles. The molecule has 2 N–H and O–H groups in total. The third-order valence-corrected chi connectivity index (χ3v) is 7.22. The van der Waals surface area contributed by atoms with Gasteiger partial charge < -0.3 is 20.1 Å². The van der Waals surface area contributed by atoms with Gasteiger partial charge in [-0.05, 0) is 80.1 Å². The fourth-order valence-corrected chi connectivity index (χ4v) is 4.28. The quantitative estimate of drug-likeness (QED) is 0.158. The average molecular weight is 527 g/mol. The van der Waals surface area contributed by atoms with Crippen LogP contribution in [-0.4, -0.2) is 54.7 Å². The van der Waals surface area contributed by atoms with E-state index in [1.54, 1.807) is 7.11 Å². The summed E-state index contributed by atoms with van der Waals surface area (Å²) >= 11 is 0. The predicted octanol–water partition coefficient (Wildman–Crippen LogP) is 6.99. The van der Waals surface area contributed by atoms with E-state index in [4.69, 9.17) is 9.47 Å². The zero-order valence-electron chi connectivity index (χ0n) is 26.4. The van der Waals surface area contributed by atoms with E-state index in [0.717, 1.165) is 32.1 Å². The van der Waals surface area contributed by atoms with E-state index in [1.807, 2.05) is 48.5 Å². The van der Waals surface area contributed by atoms with Crippen molar-refractivity contribution < 1.29 is 19.1 Å². The van der Waals surface area contributed by atoms with Crippen LogP contribution in [0.2, 0.25) is 0 Å². The Morgan fingerprint density at radius 3 is 2.00 bits per heavy atom. The van der Waals surface area contributed by atoms with Crippen LogP contribution in [-0.2, 0) is 19.1 Å². The number of ether oxygens (including phenoxy) is 2. The highest BCUT2D eigenvalue weighted by Crippen LogP contribution is 2.24. The molecule has 0 aliphatic rings. The zero-order valence-corrected chi connectivity index (χ0v) is 26.4. The molecule has 6 nitrogen and oxygen atoms in total. The van der Waals surface area contributed by atoms with E-state index in [-0.39, 0.29) is 39.9 Å². The molecule has 0 aliphatic heterocycles. The van der Waals surface area contributed by atoms with Gasteiger partial charge in [-0.3, -0.25) is 9.59 Å². The van der Waals surface area contributed by atoms with Crippen molar-refractivity contribution in [2.75, 3.05) is 20.3 Å². The first kappa shape index (κ1) is 36.0. The van der Waals surface area contributed by atoms with Crippen molar-refractivity contribution in [3.8, 4) is 0 Å². The largest absolute Gasteiger partial charge is 0.379 e. The summed E-state index contributed by atoms with van der Waals surface area (Å²) in [5.74, 6) is 0.330. The van der Waals surface area contributed by atoms with Gasteiger partial charge in [-0.1, -0.05) is 53.4 Å². The van der Waals surface area contributed by atoms with Crippen molar-refractivity contribution in [1.82, 2.24) is 10.6 Å². The molecule has 220 valence electrons. The van der Waals surface area contributed by atoms with Gasteiger partial charge in [-0.15, -0.1) is 0 Å². The van der Waals surface area contributed by atoms with Crippen molar-refractivity contribution in [2.24, 2.45) is 5.41 Å². The van der Waals surface area contributed by atoms with Crippen molar-refractivity contribution in [2.45, 2.75) is 163 Å². The molecule has 0 saturated heterocycles. The third-order valence-electron chi connectivity index (χ3n) is 7.22. The molecule has 0 saturated carbocycles. The van der Waals surface area contributed by atoms with Crippen molar-refractivity contribution >= 4 is 11.7 Å². The third kappa shape index (κ3) is 18.0. The Morgan fingerprint density at radius 2 is 1.43 bits per heavy atom. The van der Waals surface area contributed by atoms with Gasteiger partial charge >= 0.3 is 0 Å². The monoisotopic (exact) mass is 526 g/mol. The van der Waals surface area contributed by atoms with Gasteiger partial charge in [0.2, 0.25) is 5.91 Å². The second-order valence-corrected chi connectivity index (χ2v) is 13.7. The molecule has 0 radical (unpaired) electrons. The summed E-state index contributed by atoms with van der Waals surface area (Å²) in [6.45, 7) is 22.1. The fraction of sp³-hybridized carbons (Fsp3) is 0.935. The first-order valence-corrected chi connectivity index (χ1v) is 14.7. The normalized spacial score (nSPS) is 14.0. The maximum absolute atomic E-state index is 13.2. The Morgan fingerprint density at radius 1 is 0.784 bits per heavy atom. The van der Waals surface area contributed by atoms with Crippen LogP contribution in [0.3, 0.4) is 0 Å². The van der Waals surface area contributed by atoms with Crippen molar-refractivity contribution in [3.05, 3.63) is 0 Å². The summed E-state index contributed by atoms with van der Waals surface area (Å²) < 4.78 is 11.5. The minimum absolute atomic E-state index is 0.0579. The topological polar surface area (TPSA) is 76.7 Å². The van der Waals surface area contributed by atoms with Gasteiger partial charge in [-0.2, -0.15) is 0 Å². The van der Waals surface area contributed by atoms with E-state index in [1.165, 1.54) is 25.7 Å². The minimum atomic E-state index is -0.377. The van der Waals surface area contributed by atoms with E-state index in [0.29, 0.717) is 26.0 Å². The Bertz CT molecular complexity index is 650. The molecule has 1 amide bonds. The van der Waals surface area contributed by atoms with Crippen LogP contribution in [0.25, 0.3) is 0 Å². The summed E-state index contributed by atoms with van der Waals surface area (Å²) in [5.41, 5.74) is -0.999. The molecule has 0 aromatic rings. The number of Topliss-reactive ketones (excluding diaryl/α,β-unsaturated/α-hetero) is 1. The summed E-state index contributed by atoms with van der Waals surface area (Å²) in [4.78, 5) is 25.6. The average Bonchev–Trinajstić information content (AvgIpc) is 2.78. The lowest BCUT2D eigenvalue weighted by molar-refractivity contribution is -0.129. The summed E-state index contributed by atoms with van der Waals surface area (Å²) in [6, 6.07) is -0.155. The van der Waals surface area contributed by atoms with Gasteiger partial charge in [0.25, 0.3) is 0 Å². The molecule has 0 bridgehead atoms. The van der Waals surface area contributed by atoms with E-state index in [9.17, 15) is 9.59 Å². The molecule has 0 heterocycles. The number of hydrogen-bond donors (Lipinski definition) is 2. The lowest BCUT2D eigenvalue weighted by Crippen LogP contribution is -2.52. The first-order chi connectivity index (χ1) is 16.9. The highest BCUT2D eigenvalue weighted by molar-refractivity contribution is 5.88. The maximum atomic E-state index is 13.2. The summed E-state index contributed by atoms with van der Waals surface area (Å²) in [6.07, 6.45) is 10.5. The van der Waals surface area contributed by atoms with Crippen LogP contribution in [0, 0.1) is 5.41 Å². The molecule has 1 atom stereocenters. The number of carbonyl (C=O) groups is 2. The van der Waals surface area contributed by atoms with Crippen LogP contribution in [0.4, 0.5) is 0 Å². The Labute approximate surface area is 229 Å².